The molecule has 2 aromatic rings. The summed E-state index contributed by atoms with van der Waals surface area (Å²) >= 11 is 4.45. The number of benzene rings is 1. The molecule has 0 N–H and O–H groups in total. The summed E-state index contributed by atoms with van der Waals surface area (Å²) in [5, 5.41) is 1.02. The highest BCUT2D eigenvalue weighted by atomic mass is 32.1. The number of carbonyl (C=O) groups is 1. The first-order valence-electron chi connectivity index (χ1n) is 8.60. The van der Waals surface area contributed by atoms with Gasteiger partial charge in [-0.05, 0) is 62.3 Å². The minimum absolute atomic E-state index is 0.0845. The second-order valence-electron chi connectivity index (χ2n) is 6.58. The van der Waals surface area contributed by atoms with Crippen LogP contribution in [0.25, 0.3) is 10.9 Å². The van der Waals surface area contributed by atoms with Gasteiger partial charge in [-0.2, -0.15) is 0 Å². The van der Waals surface area contributed by atoms with E-state index < -0.39 is 0 Å². The molecule has 1 aromatic carbocycles. The van der Waals surface area contributed by atoms with Crippen molar-refractivity contribution in [1.29, 1.82) is 0 Å². The molecule has 1 aromatic heterocycles. The molecule has 1 atom stereocenters. The molecule has 0 amide bonds. The molecule has 24 heavy (non-hydrogen) atoms. The van der Waals surface area contributed by atoms with Crippen LogP contribution in [-0.4, -0.2) is 29.3 Å². The van der Waals surface area contributed by atoms with Crippen molar-refractivity contribution in [2.24, 2.45) is 0 Å². The van der Waals surface area contributed by atoms with Crippen LogP contribution in [0.3, 0.4) is 0 Å². The number of hydrogen-bond donors (Lipinski definition) is 1. The molecule has 1 aliphatic carbocycles. The molecular formula is C19H25NO3S. The van der Waals surface area contributed by atoms with E-state index in [1.54, 1.807) is 10.9 Å². The molecular weight excluding hydrogens is 322 g/mol. The minimum atomic E-state index is -0.339. The Kier molecular flexibility index (Phi) is 4.92. The summed E-state index contributed by atoms with van der Waals surface area (Å²) in [6.07, 6.45) is 4.44. The normalized spacial score (nSPS) is 17.0. The quantitative estimate of drug-likeness (QED) is 0.589. The third kappa shape index (κ3) is 3.20. The van der Waals surface area contributed by atoms with Crippen molar-refractivity contribution in [3.05, 3.63) is 35.5 Å². The van der Waals surface area contributed by atoms with Crippen LogP contribution < -0.4 is 0 Å². The number of methoxy groups -OCH3 is 1. The van der Waals surface area contributed by atoms with Gasteiger partial charge in [-0.3, -0.25) is 3.97 Å². The van der Waals surface area contributed by atoms with E-state index in [9.17, 15) is 4.79 Å². The smallest absolute Gasteiger partial charge is 0.355 e. The summed E-state index contributed by atoms with van der Waals surface area (Å²) < 4.78 is 12.4. The number of aromatic nitrogens is 1. The lowest BCUT2D eigenvalue weighted by molar-refractivity contribution is 0.0519. The van der Waals surface area contributed by atoms with Gasteiger partial charge in [-0.1, -0.05) is 25.8 Å². The van der Waals surface area contributed by atoms with Crippen LogP contribution in [0.15, 0.2) is 24.3 Å². The van der Waals surface area contributed by atoms with E-state index in [1.165, 1.54) is 5.56 Å². The highest BCUT2D eigenvalue weighted by Gasteiger charge is 2.44. The van der Waals surface area contributed by atoms with E-state index in [2.05, 4.69) is 31.9 Å². The van der Waals surface area contributed by atoms with Gasteiger partial charge in [0.25, 0.3) is 0 Å². The highest BCUT2D eigenvalue weighted by Crippen LogP contribution is 2.47. The Hall–Kier alpha value is -1.46. The van der Waals surface area contributed by atoms with Crippen molar-refractivity contribution >= 4 is 29.7 Å². The molecule has 1 heterocycles. The summed E-state index contributed by atoms with van der Waals surface area (Å²) in [5.74, 6) is 0.125. The van der Waals surface area contributed by atoms with E-state index in [1.807, 2.05) is 19.2 Å². The maximum Gasteiger partial charge on any atom is 0.355 e. The summed E-state index contributed by atoms with van der Waals surface area (Å²) in [5.41, 5.74) is 2.77. The van der Waals surface area contributed by atoms with Crippen LogP contribution in [0.5, 0.6) is 0 Å². The fourth-order valence-corrected chi connectivity index (χ4v) is 3.72. The van der Waals surface area contributed by atoms with Gasteiger partial charge in [0.1, 0.15) is 5.69 Å². The Morgan fingerprint density at radius 2 is 2.08 bits per heavy atom. The van der Waals surface area contributed by atoms with Crippen molar-refractivity contribution in [2.75, 3.05) is 13.7 Å². The molecule has 0 saturated heterocycles. The zero-order chi connectivity index (χ0) is 17.3. The van der Waals surface area contributed by atoms with Crippen LogP contribution in [-0.2, 0) is 9.47 Å². The molecule has 0 spiro atoms. The summed E-state index contributed by atoms with van der Waals surface area (Å²) in [6, 6.07) is 8.21. The number of thiol groups is 1. The number of carbonyl (C=O) groups excluding carboxylic acids is 1. The van der Waals surface area contributed by atoms with E-state index in [4.69, 9.17) is 9.47 Å². The third-order valence-electron chi connectivity index (χ3n) is 5.11. The van der Waals surface area contributed by atoms with Crippen molar-refractivity contribution < 1.29 is 14.3 Å². The Morgan fingerprint density at radius 1 is 1.33 bits per heavy atom. The van der Waals surface area contributed by atoms with Crippen LogP contribution in [0.4, 0.5) is 0 Å². The van der Waals surface area contributed by atoms with Crippen molar-refractivity contribution in [3.63, 3.8) is 0 Å². The van der Waals surface area contributed by atoms with Gasteiger partial charge in [0.05, 0.1) is 17.7 Å². The summed E-state index contributed by atoms with van der Waals surface area (Å²) in [6.45, 7) is 4.38. The topological polar surface area (TPSA) is 40.5 Å². The monoisotopic (exact) mass is 347 g/mol. The zero-order valence-electron chi connectivity index (χ0n) is 14.5. The zero-order valence-corrected chi connectivity index (χ0v) is 15.4. The highest BCUT2D eigenvalue weighted by molar-refractivity contribution is 7.78. The fourth-order valence-electron chi connectivity index (χ4n) is 3.40. The van der Waals surface area contributed by atoms with Crippen LogP contribution in [0.2, 0.25) is 0 Å². The Labute approximate surface area is 148 Å². The molecule has 0 radical (unpaired) electrons. The van der Waals surface area contributed by atoms with Gasteiger partial charge < -0.3 is 9.47 Å². The Morgan fingerprint density at radius 3 is 2.67 bits per heavy atom. The maximum absolute atomic E-state index is 12.0. The summed E-state index contributed by atoms with van der Waals surface area (Å²) in [4.78, 5) is 12.0. The number of nitrogens with zero attached hydrogens (tertiary/aromatic N) is 1. The first-order chi connectivity index (χ1) is 11.5. The molecule has 0 aliphatic heterocycles. The number of rotatable bonds is 7. The molecule has 0 bridgehead atoms. The maximum atomic E-state index is 12.0. The van der Waals surface area contributed by atoms with Gasteiger partial charge in [-0.15, -0.1) is 0 Å². The SMILES string of the molecule is CCOC(=O)c1cc2cc(C(CC)CC3(OC)CC3)ccc2n1S. The number of ether oxygens (including phenoxy) is 2. The lowest BCUT2D eigenvalue weighted by Gasteiger charge is -2.21. The number of esters is 1. The molecule has 130 valence electrons. The molecule has 1 unspecified atom stereocenters. The predicted octanol–water partition coefficient (Wildman–Crippen LogP) is 4.57. The largest absolute Gasteiger partial charge is 0.461 e. The first kappa shape index (κ1) is 17.4. The first-order valence-corrected chi connectivity index (χ1v) is 9.00. The standard InChI is InChI=1S/C19H25NO3S/c1-4-13(12-19(22-3)8-9-19)14-6-7-16-15(10-14)11-17(20(16)24)18(21)23-5-2/h6-7,10-11,13,24H,4-5,8-9,12H2,1-3H3. The van der Waals surface area contributed by atoms with Gasteiger partial charge >= 0.3 is 5.97 Å². The van der Waals surface area contributed by atoms with E-state index in [-0.39, 0.29) is 11.6 Å². The van der Waals surface area contributed by atoms with E-state index >= 15 is 0 Å². The minimum Gasteiger partial charge on any atom is -0.461 e. The van der Waals surface area contributed by atoms with Gasteiger partial charge in [0, 0.05) is 12.5 Å². The molecule has 1 saturated carbocycles. The second-order valence-corrected chi connectivity index (χ2v) is 6.98. The van der Waals surface area contributed by atoms with Crippen molar-refractivity contribution in [1.82, 2.24) is 3.97 Å². The fraction of sp³-hybridized carbons (Fsp3) is 0.526. The Balaban J connectivity index is 1.91. The molecule has 4 nitrogen and oxygen atoms in total. The van der Waals surface area contributed by atoms with Crippen molar-refractivity contribution in [3.8, 4) is 0 Å². The molecule has 3 rings (SSSR count). The molecule has 5 heteroatoms. The number of hydrogen-bond acceptors (Lipinski definition) is 4. The van der Waals surface area contributed by atoms with Gasteiger partial charge in [-0.25, -0.2) is 4.79 Å². The van der Waals surface area contributed by atoms with Gasteiger partial charge in [0.15, 0.2) is 0 Å². The van der Waals surface area contributed by atoms with Crippen molar-refractivity contribution in [2.45, 2.75) is 51.0 Å². The van der Waals surface area contributed by atoms with Gasteiger partial charge in [0.2, 0.25) is 0 Å². The lowest BCUT2D eigenvalue weighted by atomic mass is 9.89. The third-order valence-corrected chi connectivity index (χ3v) is 5.54. The van der Waals surface area contributed by atoms with E-state index in [0.29, 0.717) is 18.2 Å². The number of fused-ring (bicyclic) bond motifs is 1. The lowest BCUT2D eigenvalue weighted by Crippen LogP contribution is -2.16. The summed E-state index contributed by atoms with van der Waals surface area (Å²) in [7, 11) is 1.82. The van der Waals surface area contributed by atoms with Crippen LogP contribution in [0.1, 0.15) is 61.5 Å². The molecule has 1 fully saturated rings. The second kappa shape index (κ2) is 6.81. The van der Waals surface area contributed by atoms with E-state index in [0.717, 1.165) is 36.6 Å². The average Bonchev–Trinajstić information content (AvgIpc) is 3.29. The van der Waals surface area contributed by atoms with Crippen LogP contribution in [0, 0.1) is 0 Å². The van der Waals surface area contributed by atoms with Crippen LogP contribution >= 0.6 is 12.8 Å². The predicted molar refractivity (Wildman–Crippen MR) is 98.9 cm³/mol. The molecule has 1 aliphatic rings. The average molecular weight is 347 g/mol. The Bertz CT molecular complexity index is 748.